The summed E-state index contributed by atoms with van der Waals surface area (Å²) in [7, 11) is 0. The van der Waals surface area contributed by atoms with E-state index in [0.29, 0.717) is 32.3 Å². The minimum atomic E-state index is -0.433. The highest BCUT2D eigenvalue weighted by Gasteiger charge is 2.39. The third-order valence-electron chi connectivity index (χ3n) is 5.80. The van der Waals surface area contributed by atoms with Crippen LogP contribution in [0.3, 0.4) is 0 Å². The molecule has 25 heavy (non-hydrogen) atoms. The number of likely N-dealkylation sites (tertiary alicyclic amines) is 1. The van der Waals surface area contributed by atoms with Crippen molar-refractivity contribution < 1.29 is 9.53 Å². The van der Waals surface area contributed by atoms with Gasteiger partial charge in [0.2, 0.25) is 5.91 Å². The second kappa shape index (κ2) is 8.79. The van der Waals surface area contributed by atoms with Crippen LogP contribution in [-0.4, -0.2) is 49.7 Å². The van der Waals surface area contributed by atoms with Crippen molar-refractivity contribution in [3.05, 3.63) is 35.9 Å². The summed E-state index contributed by atoms with van der Waals surface area (Å²) in [4.78, 5) is 15.3. The molecule has 138 valence electrons. The zero-order chi connectivity index (χ0) is 17.5. The van der Waals surface area contributed by atoms with Crippen LogP contribution in [0, 0.1) is 5.41 Å². The van der Waals surface area contributed by atoms with Gasteiger partial charge in [0.1, 0.15) is 0 Å². The van der Waals surface area contributed by atoms with E-state index in [-0.39, 0.29) is 5.91 Å². The molecule has 1 amide bonds. The Bertz CT molecular complexity index is 543. The van der Waals surface area contributed by atoms with Crippen LogP contribution in [0.1, 0.15) is 37.7 Å². The number of carbonyl (C=O) groups is 1. The number of carbonyl (C=O) groups excluding carboxylic acids is 1. The van der Waals surface area contributed by atoms with E-state index < -0.39 is 5.41 Å². The Balaban J connectivity index is 1.57. The Morgan fingerprint density at radius 1 is 1.24 bits per heavy atom. The van der Waals surface area contributed by atoms with E-state index in [4.69, 9.17) is 10.5 Å². The van der Waals surface area contributed by atoms with Gasteiger partial charge in [0.05, 0.1) is 5.41 Å². The number of rotatable bonds is 6. The van der Waals surface area contributed by atoms with Crippen LogP contribution in [0.2, 0.25) is 0 Å². The number of amides is 1. The number of nitrogens with one attached hydrogen (secondary N) is 1. The van der Waals surface area contributed by atoms with Crippen molar-refractivity contribution in [3.8, 4) is 0 Å². The second-order valence-electron chi connectivity index (χ2n) is 7.41. The normalized spacial score (nSPS) is 24.0. The number of ether oxygens (including phenoxy) is 1. The summed E-state index contributed by atoms with van der Waals surface area (Å²) in [5, 5.41) is 3.21. The van der Waals surface area contributed by atoms with E-state index in [1.165, 1.54) is 18.4 Å². The molecule has 2 aliphatic rings. The van der Waals surface area contributed by atoms with Gasteiger partial charge in [-0.1, -0.05) is 36.8 Å². The Morgan fingerprint density at radius 3 is 2.72 bits per heavy atom. The lowest BCUT2D eigenvalue weighted by Crippen LogP contribution is -2.53. The molecule has 0 radical (unpaired) electrons. The van der Waals surface area contributed by atoms with Crippen LogP contribution >= 0.6 is 0 Å². The maximum atomic E-state index is 12.8. The average Bonchev–Trinajstić information content (AvgIpc) is 2.68. The predicted octanol–water partition coefficient (Wildman–Crippen LogP) is 1.91. The molecule has 2 fully saturated rings. The molecule has 1 aromatic carbocycles. The first-order chi connectivity index (χ1) is 12.2. The van der Waals surface area contributed by atoms with Crippen molar-refractivity contribution in [3.63, 3.8) is 0 Å². The molecule has 0 spiro atoms. The van der Waals surface area contributed by atoms with Gasteiger partial charge in [-0.2, -0.15) is 0 Å². The van der Waals surface area contributed by atoms with Gasteiger partial charge >= 0.3 is 0 Å². The summed E-state index contributed by atoms with van der Waals surface area (Å²) >= 11 is 0. The van der Waals surface area contributed by atoms with E-state index in [0.717, 1.165) is 32.4 Å². The van der Waals surface area contributed by atoms with Gasteiger partial charge in [-0.3, -0.25) is 9.69 Å². The van der Waals surface area contributed by atoms with Crippen LogP contribution in [0.5, 0.6) is 0 Å². The molecule has 0 aromatic heterocycles. The second-order valence-corrected chi connectivity index (χ2v) is 7.41. The zero-order valence-electron chi connectivity index (χ0n) is 15.1. The Hall–Kier alpha value is -1.43. The Labute approximate surface area is 150 Å². The fourth-order valence-electron chi connectivity index (χ4n) is 4.00. The lowest BCUT2D eigenvalue weighted by Gasteiger charge is -2.38. The molecular formula is C20H31N3O2. The number of nitrogens with zero attached hydrogens (tertiary/aromatic N) is 1. The van der Waals surface area contributed by atoms with E-state index >= 15 is 0 Å². The van der Waals surface area contributed by atoms with Crippen molar-refractivity contribution in [2.24, 2.45) is 11.1 Å². The van der Waals surface area contributed by atoms with E-state index in [1.54, 1.807) is 0 Å². The largest absolute Gasteiger partial charge is 0.381 e. The van der Waals surface area contributed by atoms with E-state index in [1.807, 2.05) is 0 Å². The van der Waals surface area contributed by atoms with Gasteiger partial charge in [-0.05, 0) is 37.8 Å². The molecule has 2 aliphatic heterocycles. The molecule has 2 heterocycles. The number of benzene rings is 1. The molecule has 0 aliphatic carbocycles. The molecule has 5 heteroatoms. The summed E-state index contributed by atoms with van der Waals surface area (Å²) in [5.41, 5.74) is 6.85. The van der Waals surface area contributed by atoms with Gasteiger partial charge in [0.25, 0.3) is 0 Å². The lowest BCUT2D eigenvalue weighted by atomic mass is 9.79. The highest BCUT2D eigenvalue weighted by atomic mass is 16.5. The maximum absolute atomic E-state index is 12.8. The van der Waals surface area contributed by atoms with Crippen LogP contribution in [0.25, 0.3) is 0 Å². The summed E-state index contributed by atoms with van der Waals surface area (Å²) in [6.07, 6.45) is 5.08. The Kier molecular flexibility index (Phi) is 6.45. The third kappa shape index (κ3) is 4.60. The van der Waals surface area contributed by atoms with Crippen LogP contribution in [0.15, 0.2) is 30.3 Å². The molecule has 1 unspecified atom stereocenters. The van der Waals surface area contributed by atoms with Gasteiger partial charge in [-0.15, -0.1) is 0 Å². The van der Waals surface area contributed by atoms with Crippen molar-refractivity contribution in [1.82, 2.24) is 10.2 Å². The SMILES string of the molecule is NCC1(C(=O)NCC2CCCCN2Cc2ccccc2)CCOCC1. The molecule has 3 rings (SSSR count). The van der Waals surface area contributed by atoms with Gasteiger partial charge in [0.15, 0.2) is 0 Å². The molecular weight excluding hydrogens is 314 g/mol. The van der Waals surface area contributed by atoms with E-state index in [2.05, 4.69) is 40.5 Å². The number of piperidine rings is 1. The molecule has 0 saturated carbocycles. The fraction of sp³-hybridized carbons (Fsp3) is 0.650. The van der Waals surface area contributed by atoms with Crippen LogP contribution in [-0.2, 0) is 16.1 Å². The average molecular weight is 345 g/mol. The Morgan fingerprint density at radius 2 is 2.00 bits per heavy atom. The van der Waals surface area contributed by atoms with Crippen LogP contribution < -0.4 is 11.1 Å². The first kappa shape index (κ1) is 18.4. The van der Waals surface area contributed by atoms with Crippen molar-refractivity contribution in [1.29, 1.82) is 0 Å². The smallest absolute Gasteiger partial charge is 0.227 e. The summed E-state index contributed by atoms with van der Waals surface area (Å²) in [5.74, 6) is 0.114. The molecule has 2 saturated heterocycles. The number of hydrogen-bond acceptors (Lipinski definition) is 4. The number of hydrogen-bond donors (Lipinski definition) is 2. The monoisotopic (exact) mass is 345 g/mol. The van der Waals surface area contributed by atoms with Gasteiger partial charge in [0, 0.05) is 38.9 Å². The summed E-state index contributed by atoms with van der Waals surface area (Å²) in [6, 6.07) is 11.0. The van der Waals surface area contributed by atoms with Gasteiger partial charge < -0.3 is 15.8 Å². The lowest BCUT2D eigenvalue weighted by molar-refractivity contribution is -0.136. The summed E-state index contributed by atoms with van der Waals surface area (Å²) < 4.78 is 5.41. The number of nitrogens with two attached hydrogens (primary N) is 1. The van der Waals surface area contributed by atoms with Crippen LogP contribution in [0.4, 0.5) is 0 Å². The third-order valence-corrected chi connectivity index (χ3v) is 5.80. The molecule has 3 N–H and O–H groups in total. The first-order valence-corrected chi connectivity index (χ1v) is 9.58. The minimum absolute atomic E-state index is 0.114. The summed E-state index contributed by atoms with van der Waals surface area (Å²) in [6.45, 7) is 4.44. The predicted molar refractivity (Wildman–Crippen MR) is 99.0 cm³/mol. The topological polar surface area (TPSA) is 67.6 Å². The zero-order valence-corrected chi connectivity index (χ0v) is 15.1. The molecule has 5 nitrogen and oxygen atoms in total. The highest BCUT2D eigenvalue weighted by molar-refractivity contribution is 5.83. The standard InChI is InChI=1S/C20H31N3O2/c21-16-20(9-12-25-13-10-20)19(24)22-14-18-8-4-5-11-23(18)15-17-6-2-1-3-7-17/h1-3,6-7,18H,4-5,8-16,21H2,(H,22,24). The quantitative estimate of drug-likeness (QED) is 0.826. The molecule has 1 atom stereocenters. The minimum Gasteiger partial charge on any atom is -0.381 e. The molecule has 0 bridgehead atoms. The van der Waals surface area contributed by atoms with Gasteiger partial charge in [-0.25, -0.2) is 0 Å². The van der Waals surface area contributed by atoms with Crippen molar-refractivity contribution in [2.75, 3.05) is 32.8 Å². The highest BCUT2D eigenvalue weighted by Crippen LogP contribution is 2.29. The van der Waals surface area contributed by atoms with Crippen molar-refractivity contribution >= 4 is 5.91 Å². The maximum Gasteiger partial charge on any atom is 0.227 e. The fourth-order valence-corrected chi connectivity index (χ4v) is 4.00. The van der Waals surface area contributed by atoms with E-state index in [9.17, 15) is 4.79 Å². The molecule has 1 aromatic rings. The van der Waals surface area contributed by atoms with Crippen molar-refractivity contribution in [2.45, 2.75) is 44.7 Å². The first-order valence-electron chi connectivity index (χ1n) is 9.58.